The van der Waals surface area contributed by atoms with Gasteiger partial charge in [-0.1, -0.05) is 78.8 Å². The molecule has 0 bridgehead atoms. The first kappa shape index (κ1) is 87.4. The zero-order valence-corrected chi connectivity index (χ0v) is 62.5. The summed E-state index contributed by atoms with van der Waals surface area (Å²) in [5.74, 6) is -13.2. The van der Waals surface area contributed by atoms with Gasteiger partial charge < -0.3 is 94.7 Å². The Morgan fingerprint density at radius 3 is 1.48 bits per heavy atom. The Morgan fingerprint density at radius 1 is 0.529 bits per heavy atom. The topological polar surface area (TPSA) is 494 Å². The number of nitrogens with one attached hydrogen (secondary N) is 12. The number of hydrogen-bond donors (Lipinski definition) is 16. The molecule has 572 valence electrons. The third kappa shape index (κ3) is 25.0. The molecule has 2 aliphatic rings. The number of nitrogens with zero attached hydrogens (tertiary/aromatic N) is 2. The molecule has 102 heavy (non-hydrogen) atoms. The van der Waals surface area contributed by atoms with Gasteiger partial charge in [0.25, 0.3) is 0 Å². The fourth-order valence-corrected chi connectivity index (χ4v) is 11.3. The predicted molar refractivity (Wildman–Crippen MR) is 373 cm³/mol. The molecule has 10 atom stereocenters. The number of amides is 15. The molecule has 2 saturated heterocycles. The second kappa shape index (κ2) is 36.3. The van der Waals surface area contributed by atoms with E-state index in [0.29, 0.717) is 0 Å². The number of likely N-dealkylation sites (tertiary alicyclic amines) is 2. The number of primary amides is 1. The van der Waals surface area contributed by atoms with Crippen LogP contribution in [0.25, 0.3) is 0 Å². The lowest BCUT2D eigenvalue weighted by atomic mass is 9.94. The maximum absolute atomic E-state index is 14.6. The van der Waals surface area contributed by atoms with Crippen molar-refractivity contribution < 1.29 is 87.2 Å². The van der Waals surface area contributed by atoms with Crippen molar-refractivity contribution in [3.8, 4) is 0 Å². The monoisotopic (exact) mass is 1440 g/mol. The van der Waals surface area contributed by atoms with Crippen LogP contribution in [0.3, 0.4) is 0 Å². The summed E-state index contributed by atoms with van der Waals surface area (Å²) < 4.78 is 0. The van der Waals surface area contributed by atoms with Crippen LogP contribution in [-0.4, -0.2) is 228 Å². The molecule has 15 amide bonds. The van der Waals surface area contributed by atoms with Crippen molar-refractivity contribution in [1.82, 2.24) is 73.6 Å². The molecular weight excluding hydrogens is 1330 g/mol. The number of aliphatic hydroxyl groups excluding tert-OH is 3. The average molecular weight is 1440 g/mol. The highest BCUT2D eigenvalue weighted by Gasteiger charge is 2.50. The second-order valence-electron chi connectivity index (χ2n) is 30.6. The van der Waals surface area contributed by atoms with Crippen LogP contribution in [0.2, 0.25) is 0 Å². The Kier molecular flexibility index (Phi) is 31.1. The number of rotatable bonds is 36. The van der Waals surface area contributed by atoms with E-state index in [0.717, 1.165) is 15.4 Å². The minimum absolute atomic E-state index is 0.0338. The van der Waals surface area contributed by atoms with Gasteiger partial charge in [0.2, 0.25) is 88.6 Å². The third-order valence-corrected chi connectivity index (χ3v) is 17.7. The van der Waals surface area contributed by atoms with Gasteiger partial charge >= 0.3 is 0 Å². The highest BCUT2D eigenvalue weighted by molar-refractivity contribution is 6.03. The van der Waals surface area contributed by atoms with Crippen molar-refractivity contribution in [3.63, 3.8) is 0 Å². The van der Waals surface area contributed by atoms with Crippen LogP contribution in [-0.2, 0) is 78.3 Å². The highest BCUT2D eigenvalue weighted by atomic mass is 16.3. The van der Waals surface area contributed by atoms with E-state index < -0.39 is 215 Å². The summed E-state index contributed by atoms with van der Waals surface area (Å²) in [4.78, 5) is 207. The Labute approximate surface area is 597 Å². The number of hydrogen-bond acceptors (Lipinski definition) is 18. The minimum Gasteiger partial charge on any atom is -0.394 e. The van der Waals surface area contributed by atoms with Crippen molar-refractivity contribution >= 4 is 88.6 Å². The van der Waals surface area contributed by atoms with E-state index in [9.17, 15) is 87.2 Å². The van der Waals surface area contributed by atoms with E-state index in [2.05, 4.69) is 63.8 Å². The Morgan fingerprint density at radius 2 is 0.990 bits per heavy atom. The molecule has 0 saturated carbocycles. The van der Waals surface area contributed by atoms with Gasteiger partial charge in [-0.2, -0.15) is 0 Å². The molecule has 3 rings (SSSR count). The standard InChI is InChI=1S/C69H113N15O18/c1-20-69(19,63(102)84-34-43(88)31-47(84)55(94)78-64(9,10)58(97)73-41(35-85)29-40-24-22-21-23-25-40)80-52(91)44(26-27-48(70)89)75-54(93)46-30-42(87)33-83(46)62(101)68(17,18)82-61(100)66(13,14)77-53(92)45(28-36(2)3)74-49(90)32-71-56(95)50(37(4)5)76-59(98)65(11,12)81-60(99)67(15,16)79-57(96)51(38(6)7)72-39(8)86/h21-25,36-38,41-47,50-51,85,87-88H,20,26-35H2,1-19H3,(H2,70,89)(H,71,95)(H,72,86)(H,73,97)(H,74,90)(H,75,93)(H,76,98)(H,77,92)(H,78,94)(H,79,96)(H,80,91)(H,81,99)(H,82,100)/t41-,42-,43-,44+,45+,46+,47-,50+,51-,69-/m0/s1. The smallest absolute Gasteiger partial charge is 0.248 e. The van der Waals surface area contributed by atoms with Crippen molar-refractivity contribution in [3.05, 3.63) is 35.9 Å². The van der Waals surface area contributed by atoms with Gasteiger partial charge in [-0.25, -0.2) is 0 Å². The van der Waals surface area contributed by atoms with E-state index in [4.69, 9.17) is 5.73 Å². The second-order valence-corrected chi connectivity index (χ2v) is 30.6. The first-order valence-electron chi connectivity index (χ1n) is 34.5. The largest absolute Gasteiger partial charge is 0.394 e. The molecule has 17 N–H and O–H groups in total. The number of aliphatic hydroxyl groups is 3. The maximum atomic E-state index is 14.6. The first-order valence-corrected chi connectivity index (χ1v) is 34.5. The minimum atomic E-state index is -1.89. The summed E-state index contributed by atoms with van der Waals surface area (Å²) in [6, 6.07) is 0.425. The summed E-state index contributed by atoms with van der Waals surface area (Å²) in [7, 11) is 0. The average Bonchev–Trinajstić information content (AvgIpc) is 1.57. The van der Waals surface area contributed by atoms with Crippen molar-refractivity contribution in [1.29, 1.82) is 0 Å². The van der Waals surface area contributed by atoms with Crippen LogP contribution < -0.4 is 69.5 Å². The van der Waals surface area contributed by atoms with E-state index in [-0.39, 0.29) is 50.5 Å². The van der Waals surface area contributed by atoms with Crippen LogP contribution in [0.5, 0.6) is 0 Å². The number of benzene rings is 1. The van der Waals surface area contributed by atoms with Crippen molar-refractivity contribution in [2.75, 3.05) is 26.2 Å². The molecule has 33 nitrogen and oxygen atoms in total. The van der Waals surface area contributed by atoms with Crippen LogP contribution in [0.4, 0.5) is 0 Å². The number of carbonyl (C=O) groups excluding carboxylic acids is 15. The van der Waals surface area contributed by atoms with E-state index in [1.807, 2.05) is 30.3 Å². The zero-order chi connectivity index (χ0) is 78.1. The molecule has 0 radical (unpaired) electrons. The normalized spacial score (nSPS) is 18.6. The lowest BCUT2D eigenvalue weighted by Crippen LogP contribution is -2.66. The van der Waals surface area contributed by atoms with Crippen LogP contribution in [0.1, 0.15) is 176 Å². The Balaban J connectivity index is 1.72. The van der Waals surface area contributed by atoms with Gasteiger partial charge in [0.1, 0.15) is 69.5 Å². The molecule has 0 spiro atoms. The molecule has 2 fully saturated rings. The fraction of sp³-hybridized carbons (Fsp3) is 0.696. The molecule has 0 aromatic heterocycles. The summed E-state index contributed by atoms with van der Waals surface area (Å²) in [5.41, 5.74) is -4.06. The lowest BCUT2D eigenvalue weighted by molar-refractivity contribution is -0.147. The Bertz CT molecular complexity index is 3250. The maximum Gasteiger partial charge on any atom is 0.248 e. The molecule has 0 aliphatic carbocycles. The summed E-state index contributed by atoms with van der Waals surface area (Å²) >= 11 is 0. The van der Waals surface area contributed by atoms with Crippen molar-refractivity contribution in [2.24, 2.45) is 23.5 Å². The summed E-state index contributed by atoms with van der Waals surface area (Å²) in [6.45, 7) is 26.1. The SMILES string of the molecule is CC[C@](C)(NC(=O)[C@@H](CCC(N)=O)NC(=O)[C@H]1C[C@H](O)CN1C(=O)C(C)(C)NC(=O)C(C)(C)NC(=O)[C@@H](CC(C)C)NC(=O)CNC(=O)[C@H](NC(=O)C(C)(C)NC(=O)C(C)(C)NC(=O)[C@@H](NC(C)=O)C(C)C)C(C)C)C(=O)N1C[C@@H](O)C[C@H]1C(=O)NC(C)(C)C(=O)N[C@H](CO)Cc1ccccc1. The highest BCUT2D eigenvalue weighted by Crippen LogP contribution is 2.27. The first-order chi connectivity index (χ1) is 46.8. The van der Waals surface area contributed by atoms with Gasteiger partial charge in [0.05, 0.1) is 31.4 Å². The van der Waals surface area contributed by atoms with Gasteiger partial charge in [-0.3, -0.25) is 71.9 Å². The van der Waals surface area contributed by atoms with Crippen LogP contribution in [0, 0.1) is 17.8 Å². The molecule has 1 aromatic carbocycles. The molecule has 1 aromatic rings. The van der Waals surface area contributed by atoms with Gasteiger partial charge in [0, 0.05) is 39.3 Å². The van der Waals surface area contributed by atoms with Crippen LogP contribution in [0.15, 0.2) is 30.3 Å². The molecule has 0 unspecified atom stereocenters. The van der Waals surface area contributed by atoms with E-state index in [1.165, 1.54) is 83.1 Å². The number of carbonyl (C=O) groups is 15. The molecular formula is C69H113N15O18. The zero-order valence-electron chi connectivity index (χ0n) is 62.5. The molecule has 2 heterocycles. The van der Waals surface area contributed by atoms with Gasteiger partial charge in [-0.15, -0.1) is 0 Å². The number of β-amino-alcohol motifs (C(OH)–C–C–N with tert-alkyl or cyclic N) is 2. The fourth-order valence-electron chi connectivity index (χ4n) is 11.3. The lowest BCUT2D eigenvalue weighted by Gasteiger charge is -2.37. The molecule has 33 heteroatoms. The summed E-state index contributed by atoms with van der Waals surface area (Å²) in [6.07, 6.45) is -3.78. The van der Waals surface area contributed by atoms with Crippen LogP contribution >= 0.6 is 0 Å². The Hall–Kier alpha value is -8.85. The van der Waals surface area contributed by atoms with E-state index >= 15 is 0 Å². The number of nitrogens with two attached hydrogens (primary N) is 1. The summed E-state index contributed by atoms with van der Waals surface area (Å²) in [5, 5.41) is 63.0. The molecule has 2 aliphatic heterocycles. The third-order valence-electron chi connectivity index (χ3n) is 17.7. The van der Waals surface area contributed by atoms with Gasteiger partial charge in [-0.05, 0) is 125 Å². The van der Waals surface area contributed by atoms with Crippen molar-refractivity contribution in [2.45, 2.75) is 264 Å². The quantitative estimate of drug-likeness (QED) is 0.0320. The predicted octanol–water partition coefficient (Wildman–Crippen LogP) is -2.91. The van der Waals surface area contributed by atoms with E-state index in [1.54, 1.807) is 48.5 Å². The van der Waals surface area contributed by atoms with Gasteiger partial charge in [0.15, 0.2) is 0 Å².